The molecule has 0 aliphatic heterocycles. The maximum atomic E-state index is 13.0. The Balaban J connectivity index is 1.33. The zero-order chi connectivity index (χ0) is 26.3. The molecular formula is C32H28N2O4. The number of hydrogen-bond acceptors (Lipinski definition) is 4. The van der Waals surface area contributed by atoms with Gasteiger partial charge in [-0.25, -0.2) is 0 Å². The Bertz CT molecular complexity index is 1520. The lowest BCUT2D eigenvalue weighted by molar-refractivity contribution is 0.0949. The molecule has 5 rings (SSSR count). The van der Waals surface area contributed by atoms with Crippen LogP contribution in [-0.4, -0.2) is 18.4 Å². The van der Waals surface area contributed by atoms with Gasteiger partial charge in [-0.05, 0) is 48.4 Å². The number of hydrogen-bond donors (Lipinski definition) is 2. The first-order chi connectivity index (χ1) is 18.5. The molecule has 0 spiro atoms. The molecule has 0 saturated heterocycles. The number of nitrogens with one attached hydrogen (secondary N) is 2. The van der Waals surface area contributed by atoms with E-state index in [-0.39, 0.29) is 11.7 Å². The third-order valence-corrected chi connectivity index (χ3v) is 6.21. The van der Waals surface area contributed by atoms with Crippen LogP contribution in [0, 0.1) is 6.92 Å². The fourth-order valence-corrected chi connectivity index (χ4v) is 4.08. The Morgan fingerprint density at radius 2 is 1.55 bits per heavy atom. The Labute approximate surface area is 221 Å². The summed E-state index contributed by atoms with van der Waals surface area (Å²) in [5.41, 5.74) is 4.87. The van der Waals surface area contributed by atoms with Crippen molar-refractivity contribution in [2.24, 2.45) is 0 Å². The van der Waals surface area contributed by atoms with Crippen LogP contribution in [0.2, 0.25) is 0 Å². The average molecular weight is 505 g/mol. The second-order valence-corrected chi connectivity index (χ2v) is 9.07. The van der Waals surface area contributed by atoms with Crippen LogP contribution in [0.4, 0.5) is 5.69 Å². The number of benzene rings is 4. The molecule has 0 fully saturated rings. The third kappa shape index (κ3) is 6.10. The summed E-state index contributed by atoms with van der Waals surface area (Å²) in [6.07, 6.45) is 0.682. The summed E-state index contributed by atoms with van der Waals surface area (Å²) in [5, 5.41) is 6.66. The Morgan fingerprint density at radius 3 is 2.34 bits per heavy atom. The van der Waals surface area contributed by atoms with Gasteiger partial charge >= 0.3 is 0 Å². The molecule has 1 heterocycles. The molecule has 6 heteroatoms. The zero-order valence-corrected chi connectivity index (χ0v) is 21.1. The van der Waals surface area contributed by atoms with Gasteiger partial charge in [-0.3, -0.25) is 9.59 Å². The van der Waals surface area contributed by atoms with Crippen molar-refractivity contribution in [1.29, 1.82) is 0 Å². The molecule has 0 saturated carbocycles. The first kappa shape index (κ1) is 24.8. The van der Waals surface area contributed by atoms with Gasteiger partial charge in [-0.2, -0.15) is 0 Å². The van der Waals surface area contributed by atoms with Crippen molar-refractivity contribution in [1.82, 2.24) is 5.32 Å². The van der Waals surface area contributed by atoms with Gasteiger partial charge < -0.3 is 19.8 Å². The molecule has 0 atom stereocenters. The van der Waals surface area contributed by atoms with Crippen molar-refractivity contribution in [3.63, 3.8) is 0 Å². The van der Waals surface area contributed by atoms with Gasteiger partial charge in [0.1, 0.15) is 11.3 Å². The van der Waals surface area contributed by atoms with Crippen molar-refractivity contribution in [2.45, 2.75) is 19.9 Å². The van der Waals surface area contributed by atoms with E-state index in [1.165, 1.54) is 5.56 Å². The average Bonchev–Trinajstić information content (AvgIpc) is 3.39. The van der Waals surface area contributed by atoms with E-state index < -0.39 is 5.91 Å². The van der Waals surface area contributed by atoms with Crippen LogP contribution in [0.3, 0.4) is 0 Å². The highest BCUT2D eigenvalue weighted by molar-refractivity contribution is 6.05. The lowest BCUT2D eigenvalue weighted by atomic mass is 10.1. The van der Waals surface area contributed by atoms with Crippen molar-refractivity contribution >= 4 is 28.5 Å². The molecule has 0 aliphatic rings. The number of para-hydroxylation sites is 1. The van der Waals surface area contributed by atoms with E-state index >= 15 is 0 Å². The summed E-state index contributed by atoms with van der Waals surface area (Å²) in [4.78, 5) is 25.9. The number of anilines is 1. The van der Waals surface area contributed by atoms with E-state index in [0.29, 0.717) is 42.2 Å². The molecule has 2 amide bonds. The number of rotatable bonds is 9. The lowest BCUT2D eigenvalue weighted by Gasteiger charge is -2.14. The van der Waals surface area contributed by atoms with Crippen molar-refractivity contribution in [3.05, 3.63) is 131 Å². The molecule has 38 heavy (non-hydrogen) atoms. The normalized spacial score (nSPS) is 10.8. The van der Waals surface area contributed by atoms with Crippen LogP contribution >= 0.6 is 0 Å². The van der Waals surface area contributed by atoms with Crippen LogP contribution in [-0.2, 0) is 13.0 Å². The largest absolute Gasteiger partial charge is 0.491 e. The van der Waals surface area contributed by atoms with Crippen LogP contribution in [0.15, 0.2) is 108 Å². The highest BCUT2D eigenvalue weighted by Crippen LogP contribution is 2.28. The number of ether oxygens (including phenoxy) is 1. The Kier molecular flexibility index (Phi) is 7.50. The van der Waals surface area contributed by atoms with Gasteiger partial charge in [-0.1, -0.05) is 78.4 Å². The van der Waals surface area contributed by atoms with E-state index in [4.69, 9.17) is 9.15 Å². The van der Waals surface area contributed by atoms with E-state index in [2.05, 4.69) is 34.9 Å². The fourth-order valence-electron chi connectivity index (χ4n) is 4.08. The standard InChI is InChI=1S/C32H28N2O4/c1-22-11-13-23(14-12-22)17-18-37-29-20-26(31(35)33-21-24-7-3-2-4-8-24)15-16-27(29)34-32(36)30-19-25-9-5-6-10-28(25)38-30/h2-16,19-20H,17-18,21H2,1H3,(H,33,35)(H,34,36). The predicted octanol–water partition coefficient (Wildman–Crippen LogP) is 6.55. The minimum absolute atomic E-state index is 0.196. The number of carbonyl (C=O) groups is 2. The second kappa shape index (κ2) is 11.5. The maximum absolute atomic E-state index is 13.0. The molecule has 190 valence electrons. The maximum Gasteiger partial charge on any atom is 0.291 e. The Morgan fingerprint density at radius 1 is 0.789 bits per heavy atom. The van der Waals surface area contributed by atoms with Gasteiger partial charge in [0, 0.05) is 23.9 Å². The van der Waals surface area contributed by atoms with Crippen LogP contribution in [0.5, 0.6) is 5.75 Å². The van der Waals surface area contributed by atoms with E-state index in [9.17, 15) is 9.59 Å². The molecule has 1 aromatic heterocycles. The number of carbonyl (C=O) groups excluding carboxylic acids is 2. The minimum atomic E-state index is -0.397. The monoisotopic (exact) mass is 504 g/mol. The predicted molar refractivity (Wildman–Crippen MR) is 149 cm³/mol. The molecule has 0 aliphatic carbocycles. The summed E-state index contributed by atoms with van der Waals surface area (Å²) in [7, 11) is 0. The smallest absolute Gasteiger partial charge is 0.291 e. The summed E-state index contributed by atoms with van der Waals surface area (Å²) in [6, 6.07) is 32.1. The fraction of sp³-hybridized carbons (Fsp3) is 0.125. The highest BCUT2D eigenvalue weighted by Gasteiger charge is 2.17. The molecular weight excluding hydrogens is 476 g/mol. The van der Waals surface area contributed by atoms with Crippen LogP contribution in [0.25, 0.3) is 11.0 Å². The number of aryl methyl sites for hydroxylation is 1. The van der Waals surface area contributed by atoms with Gasteiger partial charge in [0.05, 0.1) is 12.3 Å². The van der Waals surface area contributed by atoms with Gasteiger partial charge in [0.2, 0.25) is 0 Å². The summed E-state index contributed by atoms with van der Waals surface area (Å²) < 4.78 is 11.8. The number of amides is 2. The minimum Gasteiger partial charge on any atom is -0.491 e. The summed E-state index contributed by atoms with van der Waals surface area (Å²) in [6.45, 7) is 2.84. The van der Waals surface area contributed by atoms with Crippen molar-refractivity contribution < 1.29 is 18.7 Å². The molecule has 2 N–H and O–H groups in total. The summed E-state index contributed by atoms with van der Waals surface area (Å²) in [5.74, 6) is -0.0197. The lowest BCUT2D eigenvalue weighted by Crippen LogP contribution is -2.23. The number of furan rings is 1. The first-order valence-electron chi connectivity index (χ1n) is 12.5. The van der Waals surface area contributed by atoms with E-state index in [0.717, 1.165) is 16.5 Å². The SMILES string of the molecule is Cc1ccc(CCOc2cc(C(=O)NCc3ccccc3)ccc2NC(=O)c2cc3ccccc3o2)cc1. The van der Waals surface area contributed by atoms with Gasteiger partial charge in [0.25, 0.3) is 11.8 Å². The quantitative estimate of drug-likeness (QED) is 0.239. The highest BCUT2D eigenvalue weighted by atomic mass is 16.5. The molecule has 0 bridgehead atoms. The van der Waals surface area contributed by atoms with E-state index in [1.54, 1.807) is 24.3 Å². The number of fused-ring (bicyclic) bond motifs is 1. The molecule has 5 aromatic rings. The molecule has 0 unspecified atom stereocenters. The zero-order valence-electron chi connectivity index (χ0n) is 21.1. The Hall–Kier alpha value is -4.84. The topological polar surface area (TPSA) is 80.6 Å². The van der Waals surface area contributed by atoms with E-state index in [1.807, 2.05) is 61.5 Å². The first-order valence-corrected chi connectivity index (χ1v) is 12.5. The van der Waals surface area contributed by atoms with Crippen LogP contribution < -0.4 is 15.4 Å². The molecule has 4 aromatic carbocycles. The molecule has 0 radical (unpaired) electrons. The second-order valence-electron chi connectivity index (χ2n) is 9.07. The summed E-state index contributed by atoms with van der Waals surface area (Å²) >= 11 is 0. The van der Waals surface area contributed by atoms with Crippen molar-refractivity contribution in [2.75, 3.05) is 11.9 Å². The van der Waals surface area contributed by atoms with Gasteiger partial charge in [-0.15, -0.1) is 0 Å². The third-order valence-electron chi connectivity index (χ3n) is 6.21. The van der Waals surface area contributed by atoms with Gasteiger partial charge in [0.15, 0.2) is 5.76 Å². The molecule has 6 nitrogen and oxygen atoms in total. The van der Waals surface area contributed by atoms with Crippen molar-refractivity contribution in [3.8, 4) is 5.75 Å². The van der Waals surface area contributed by atoms with Crippen LogP contribution in [0.1, 0.15) is 37.6 Å².